The molecule has 0 saturated heterocycles. The van der Waals surface area contributed by atoms with E-state index in [1.54, 1.807) is 11.1 Å². The van der Waals surface area contributed by atoms with Gasteiger partial charge in [0.05, 0.1) is 5.69 Å². The zero-order valence-corrected chi connectivity index (χ0v) is 23.7. The molecule has 42 heavy (non-hydrogen) atoms. The lowest BCUT2D eigenvalue weighted by Crippen LogP contribution is -2.33. The summed E-state index contributed by atoms with van der Waals surface area (Å²) in [6.07, 6.45) is 5.37. The molecule has 3 aliphatic carbocycles. The van der Waals surface area contributed by atoms with Crippen LogP contribution in [-0.4, -0.2) is 0 Å². The zero-order valence-electron chi connectivity index (χ0n) is 23.7. The van der Waals surface area contributed by atoms with Gasteiger partial charge >= 0.3 is 0 Å². The van der Waals surface area contributed by atoms with E-state index in [1.165, 1.54) is 75.8 Å². The van der Waals surface area contributed by atoms with Gasteiger partial charge in [-0.1, -0.05) is 116 Å². The Morgan fingerprint density at radius 2 is 1.26 bits per heavy atom. The summed E-state index contributed by atoms with van der Waals surface area (Å²) in [6.45, 7) is 0. The van der Waals surface area contributed by atoms with Crippen molar-refractivity contribution in [2.24, 2.45) is 11.8 Å². The monoisotopic (exact) mass is 539 g/mol. The molecular weight excluding hydrogens is 506 g/mol. The maximum atomic E-state index is 2.54. The van der Waals surface area contributed by atoms with Gasteiger partial charge in [0.15, 0.2) is 0 Å². The highest BCUT2D eigenvalue weighted by atomic mass is 15.1. The van der Waals surface area contributed by atoms with E-state index in [4.69, 9.17) is 0 Å². The third kappa shape index (κ3) is 3.43. The predicted molar refractivity (Wildman–Crippen MR) is 176 cm³/mol. The van der Waals surface area contributed by atoms with Crippen LogP contribution in [0.5, 0.6) is 0 Å². The Morgan fingerprint density at radius 1 is 0.548 bits per heavy atom. The average molecular weight is 540 g/mol. The standard InChI is InChI=1S/C41H33N/c1-2-9-29(10-3-1)31-18-22-34(23-19-31)42(35-24-20-30-11-4-5-12-32(30)26-35)39-16-8-14-37-36-13-6-7-15-38(36)41(40(37)39)27-28-17-21-33(41)25-28/h1-16,18-20,22-24,26,28,33H,17,21,25,27H2. The molecule has 6 aromatic rings. The van der Waals surface area contributed by atoms with Crippen molar-refractivity contribution in [3.63, 3.8) is 0 Å². The van der Waals surface area contributed by atoms with Crippen molar-refractivity contribution >= 4 is 27.8 Å². The number of nitrogens with zero attached hydrogens (tertiary/aromatic N) is 1. The van der Waals surface area contributed by atoms with Gasteiger partial charge in [0, 0.05) is 16.8 Å². The molecule has 3 atom stereocenters. The molecule has 0 N–H and O–H groups in total. The number of rotatable bonds is 4. The summed E-state index contributed by atoms with van der Waals surface area (Å²) >= 11 is 0. The quantitative estimate of drug-likeness (QED) is 0.215. The second-order valence-electron chi connectivity index (χ2n) is 12.6. The van der Waals surface area contributed by atoms with Crippen LogP contribution in [0.1, 0.15) is 36.8 Å². The first-order valence-corrected chi connectivity index (χ1v) is 15.5. The van der Waals surface area contributed by atoms with Gasteiger partial charge in [-0.05, 0) is 106 Å². The van der Waals surface area contributed by atoms with Crippen LogP contribution < -0.4 is 4.90 Å². The first kappa shape index (κ1) is 24.0. The lowest BCUT2D eigenvalue weighted by atomic mass is 9.66. The van der Waals surface area contributed by atoms with Gasteiger partial charge in [-0.2, -0.15) is 0 Å². The third-order valence-electron chi connectivity index (χ3n) is 10.5. The Hall–Kier alpha value is -4.62. The van der Waals surface area contributed by atoms with Crippen molar-refractivity contribution in [2.45, 2.75) is 31.1 Å². The summed E-state index contributed by atoms with van der Waals surface area (Å²) in [5.41, 5.74) is 12.3. The molecule has 6 aromatic carbocycles. The van der Waals surface area contributed by atoms with Crippen molar-refractivity contribution in [3.8, 4) is 22.3 Å². The van der Waals surface area contributed by atoms with E-state index in [-0.39, 0.29) is 5.41 Å². The molecule has 0 aromatic heterocycles. The topological polar surface area (TPSA) is 3.24 Å². The van der Waals surface area contributed by atoms with Gasteiger partial charge in [0.1, 0.15) is 0 Å². The minimum Gasteiger partial charge on any atom is -0.310 e. The molecule has 3 unspecified atom stereocenters. The number of anilines is 3. The Labute approximate surface area is 248 Å². The van der Waals surface area contributed by atoms with Crippen LogP contribution in [0.4, 0.5) is 17.1 Å². The van der Waals surface area contributed by atoms with Crippen LogP contribution in [0.25, 0.3) is 33.0 Å². The van der Waals surface area contributed by atoms with E-state index in [1.807, 2.05) is 0 Å². The fraction of sp³-hybridized carbons (Fsp3) is 0.171. The molecule has 9 rings (SSSR count). The summed E-state index contributed by atoms with van der Waals surface area (Å²) in [5, 5.41) is 2.54. The Morgan fingerprint density at radius 3 is 2.07 bits per heavy atom. The van der Waals surface area contributed by atoms with Crippen molar-refractivity contribution in [2.75, 3.05) is 4.90 Å². The molecule has 202 valence electrons. The number of hydrogen-bond donors (Lipinski definition) is 0. The number of benzene rings is 6. The van der Waals surface area contributed by atoms with Crippen LogP contribution in [0.2, 0.25) is 0 Å². The van der Waals surface area contributed by atoms with Gasteiger partial charge in [-0.15, -0.1) is 0 Å². The summed E-state index contributed by atoms with van der Waals surface area (Å²) < 4.78 is 0. The summed E-state index contributed by atoms with van der Waals surface area (Å²) in [7, 11) is 0. The Kier molecular flexibility index (Phi) is 5.26. The van der Waals surface area contributed by atoms with Crippen molar-refractivity contribution < 1.29 is 0 Å². The van der Waals surface area contributed by atoms with Crippen LogP contribution >= 0.6 is 0 Å². The molecule has 0 radical (unpaired) electrons. The van der Waals surface area contributed by atoms with Crippen molar-refractivity contribution in [1.82, 2.24) is 0 Å². The Bertz CT molecular complexity index is 1950. The summed E-state index contributed by atoms with van der Waals surface area (Å²) in [6, 6.07) is 51.9. The van der Waals surface area contributed by atoms with Gasteiger partial charge < -0.3 is 4.90 Å². The normalized spacial score (nSPS) is 21.5. The molecule has 0 amide bonds. The lowest BCUT2D eigenvalue weighted by Gasteiger charge is -2.39. The minimum absolute atomic E-state index is 0.102. The lowest BCUT2D eigenvalue weighted by molar-refractivity contribution is 0.327. The first-order valence-electron chi connectivity index (χ1n) is 15.5. The van der Waals surface area contributed by atoms with E-state index in [9.17, 15) is 0 Å². The fourth-order valence-electron chi connectivity index (χ4n) is 8.80. The SMILES string of the molecule is c1ccc(-c2ccc(N(c3ccc4ccccc4c3)c3cccc4c3C3(CC5CCC3C5)c3ccccc3-4)cc2)cc1. The van der Waals surface area contributed by atoms with E-state index in [0.717, 1.165) is 5.92 Å². The van der Waals surface area contributed by atoms with Crippen LogP contribution in [0.3, 0.4) is 0 Å². The largest absolute Gasteiger partial charge is 0.310 e. The zero-order chi connectivity index (χ0) is 27.7. The highest BCUT2D eigenvalue weighted by Gasteiger charge is 2.57. The van der Waals surface area contributed by atoms with Gasteiger partial charge in [0.2, 0.25) is 0 Å². The molecule has 1 nitrogen and oxygen atoms in total. The molecule has 1 spiro atoms. The van der Waals surface area contributed by atoms with E-state index in [2.05, 4.69) is 144 Å². The number of hydrogen-bond acceptors (Lipinski definition) is 1. The highest BCUT2D eigenvalue weighted by Crippen LogP contribution is 2.67. The molecule has 0 aliphatic heterocycles. The molecule has 3 aliphatic rings. The van der Waals surface area contributed by atoms with Crippen LogP contribution in [0.15, 0.2) is 140 Å². The molecular formula is C41H33N. The van der Waals surface area contributed by atoms with Gasteiger partial charge in [-0.3, -0.25) is 0 Å². The number of fused-ring (bicyclic) bond motifs is 9. The van der Waals surface area contributed by atoms with E-state index < -0.39 is 0 Å². The van der Waals surface area contributed by atoms with E-state index >= 15 is 0 Å². The molecule has 0 heterocycles. The summed E-state index contributed by atoms with van der Waals surface area (Å²) in [5.74, 6) is 1.55. The van der Waals surface area contributed by atoms with Crippen LogP contribution in [-0.2, 0) is 5.41 Å². The Balaban J connectivity index is 1.28. The van der Waals surface area contributed by atoms with Crippen molar-refractivity contribution in [1.29, 1.82) is 0 Å². The second kappa shape index (κ2) is 9.19. The third-order valence-corrected chi connectivity index (χ3v) is 10.5. The predicted octanol–water partition coefficient (Wildman–Crippen LogP) is 11.1. The molecule has 2 saturated carbocycles. The van der Waals surface area contributed by atoms with Gasteiger partial charge in [-0.25, -0.2) is 0 Å². The van der Waals surface area contributed by atoms with E-state index in [0.29, 0.717) is 5.92 Å². The second-order valence-corrected chi connectivity index (χ2v) is 12.6. The smallest absolute Gasteiger partial charge is 0.0509 e. The average Bonchev–Trinajstić information content (AvgIpc) is 3.75. The fourth-order valence-corrected chi connectivity index (χ4v) is 8.80. The molecule has 2 fully saturated rings. The summed E-state index contributed by atoms with van der Waals surface area (Å²) in [4.78, 5) is 2.54. The molecule has 2 bridgehead atoms. The highest BCUT2D eigenvalue weighted by molar-refractivity contribution is 5.94. The van der Waals surface area contributed by atoms with Gasteiger partial charge in [0.25, 0.3) is 0 Å². The van der Waals surface area contributed by atoms with Crippen LogP contribution in [0, 0.1) is 11.8 Å². The maximum Gasteiger partial charge on any atom is 0.0509 e. The van der Waals surface area contributed by atoms with Crippen molar-refractivity contribution in [3.05, 3.63) is 151 Å². The maximum absolute atomic E-state index is 2.54. The molecule has 1 heteroatoms. The minimum atomic E-state index is 0.102. The first-order chi connectivity index (χ1) is 20.8.